The lowest BCUT2D eigenvalue weighted by Gasteiger charge is -2.32. The van der Waals surface area contributed by atoms with Gasteiger partial charge in [0.15, 0.2) is 0 Å². The summed E-state index contributed by atoms with van der Waals surface area (Å²) in [5, 5.41) is 4.10. The number of hydrogen-bond donors (Lipinski definition) is 1. The first-order valence-corrected chi connectivity index (χ1v) is 7.10. The van der Waals surface area contributed by atoms with E-state index in [0.717, 1.165) is 29.1 Å². The van der Waals surface area contributed by atoms with Gasteiger partial charge in [-0.1, -0.05) is 17.7 Å². The first kappa shape index (κ1) is 13.3. The van der Waals surface area contributed by atoms with Gasteiger partial charge >= 0.3 is 7.12 Å². The maximum Gasteiger partial charge on any atom is 0.495 e. The Balaban J connectivity index is 2.00. The molecule has 3 nitrogen and oxygen atoms in total. The normalized spacial score (nSPS) is 23.3. The van der Waals surface area contributed by atoms with Crippen molar-refractivity contribution in [1.29, 1.82) is 0 Å². The molecule has 0 radical (unpaired) electrons. The first-order chi connectivity index (χ1) is 8.82. The van der Waals surface area contributed by atoms with Gasteiger partial charge in [-0.15, -0.1) is 0 Å². The average molecular weight is 280 g/mol. The van der Waals surface area contributed by atoms with Crippen molar-refractivity contribution in [3.63, 3.8) is 0 Å². The average Bonchev–Trinajstić information content (AvgIpc) is 2.84. The zero-order valence-corrected chi connectivity index (χ0v) is 12.6. The van der Waals surface area contributed by atoms with Crippen LogP contribution < -0.4 is 10.8 Å². The summed E-state index contributed by atoms with van der Waals surface area (Å²) in [7, 11) is -0.309. The molecule has 2 aliphatic heterocycles. The summed E-state index contributed by atoms with van der Waals surface area (Å²) < 4.78 is 12.2. The van der Waals surface area contributed by atoms with Crippen molar-refractivity contribution in [2.24, 2.45) is 0 Å². The summed E-state index contributed by atoms with van der Waals surface area (Å²) in [6.07, 6.45) is 0.968. The van der Waals surface area contributed by atoms with Crippen LogP contribution in [-0.2, 0) is 15.7 Å². The van der Waals surface area contributed by atoms with E-state index in [0.29, 0.717) is 0 Å². The van der Waals surface area contributed by atoms with Crippen molar-refractivity contribution in [3.8, 4) is 0 Å². The fourth-order valence-corrected chi connectivity index (χ4v) is 2.84. The van der Waals surface area contributed by atoms with Crippen LogP contribution in [0.3, 0.4) is 0 Å². The fraction of sp³-hybridized carbons (Fsp3) is 0.571. The van der Waals surface area contributed by atoms with Gasteiger partial charge in [-0.2, -0.15) is 0 Å². The van der Waals surface area contributed by atoms with E-state index in [-0.39, 0.29) is 18.3 Å². The fourth-order valence-electron chi connectivity index (χ4n) is 2.60. The SMILES string of the molecule is CC1(C)OB(c2ccc(Cl)c3c2CCN3)OC1(C)C. The van der Waals surface area contributed by atoms with E-state index in [4.69, 9.17) is 20.9 Å². The molecule has 0 saturated carbocycles. The molecule has 2 aliphatic rings. The van der Waals surface area contributed by atoms with E-state index >= 15 is 0 Å². The van der Waals surface area contributed by atoms with Crippen LogP contribution in [0.4, 0.5) is 5.69 Å². The molecule has 0 bridgehead atoms. The smallest absolute Gasteiger partial charge is 0.399 e. The largest absolute Gasteiger partial charge is 0.495 e. The summed E-state index contributed by atoms with van der Waals surface area (Å²) in [4.78, 5) is 0. The minimum absolute atomic E-state index is 0.309. The van der Waals surface area contributed by atoms with E-state index in [9.17, 15) is 0 Å². The molecule has 5 heteroatoms. The Labute approximate surface area is 119 Å². The summed E-state index contributed by atoms with van der Waals surface area (Å²) in [5.41, 5.74) is 2.75. The quantitative estimate of drug-likeness (QED) is 0.802. The van der Waals surface area contributed by atoms with Crippen LogP contribution in [0.5, 0.6) is 0 Å². The third-order valence-electron chi connectivity index (χ3n) is 4.48. The van der Waals surface area contributed by atoms with Gasteiger partial charge in [-0.25, -0.2) is 0 Å². The molecule has 1 aromatic carbocycles. The Kier molecular flexibility index (Phi) is 2.90. The minimum atomic E-state index is -0.309. The highest BCUT2D eigenvalue weighted by molar-refractivity contribution is 6.63. The highest BCUT2D eigenvalue weighted by atomic mass is 35.5. The molecule has 2 heterocycles. The van der Waals surface area contributed by atoms with Gasteiger partial charge in [0.2, 0.25) is 0 Å². The topological polar surface area (TPSA) is 30.5 Å². The third-order valence-corrected chi connectivity index (χ3v) is 4.80. The van der Waals surface area contributed by atoms with E-state index < -0.39 is 0 Å². The van der Waals surface area contributed by atoms with Gasteiger partial charge in [0.25, 0.3) is 0 Å². The highest BCUT2D eigenvalue weighted by Crippen LogP contribution is 2.38. The minimum Gasteiger partial charge on any atom is -0.399 e. The third kappa shape index (κ3) is 1.97. The predicted octanol–water partition coefficient (Wildman–Crippen LogP) is 2.61. The Morgan fingerprint density at radius 3 is 2.42 bits per heavy atom. The second-order valence-corrected chi connectivity index (χ2v) is 6.66. The number of nitrogens with one attached hydrogen (secondary N) is 1. The Morgan fingerprint density at radius 2 is 1.79 bits per heavy atom. The molecular formula is C14H19BClNO2. The second kappa shape index (κ2) is 4.14. The van der Waals surface area contributed by atoms with Gasteiger partial charge in [-0.3, -0.25) is 0 Å². The molecule has 0 amide bonds. The number of halogens is 1. The Morgan fingerprint density at radius 1 is 1.16 bits per heavy atom. The molecule has 0 aliphatic carbocycles. The number of hydrogen-bond acceptors (Lipinski definition) is 3. The van der Waals surface area contributed by atoms with Gasteiger partial charge in [-0.05, 0) is 51.2 Å². The van der Waals surface area contributed by atoms with Crippen LogP contribution in [0.1, 0.15) is 33.3 Å². The molecular weight excluding hydrogens is 260 g/mol. The van der Waals surface area contributed by atoms with Crippen molar-refractivity contribution in [3.05, 3.63) is 22.7 Å². The summed E-state index contributed by atoms with van der Waals surface area (Å²) in [5.74, 6) is 0. The molecule has 1 fully saturated rings. The van der Waals surface area contributed by atoms with Gasteiger partial charge in [0, 0.05) is 6.54 Å². The van der Waals surface area contributed by atoms with E-state index in [1.807, 2.05) is 12.1 Å². The van der Waals surface area contributed by atoms with Crippen molar-refractivity contribution in [1.82, 2.24) is 0 Å². The van der Waals surface area contributed by atoms with Gasteiger partial charge < -0.3 is 14.6 Å². The Bertz CT molecular complexity index is 514. The van der Waals surface area contributed by atoms with Crippen molar-refractivity contribution >= 4 is 29.9 Å². The number of fused-ring (bicyclic) bond motifs is 1. The highest BCUT2D eigenvalue weighted by Gasteiger charge is 2.52. The van der Waals surface area contributed by atoms with Crippen LogP contribution in [0.15, 0.2) is 12.1 Å². The maximum atomic E-state index is 6.22. The van der Waals surface area contributed by atoms with Crippen LogP contribution >= 0.6 is 11.6 Å². The molecule has 1 aromatic rings. The zero-order valence-electron chi connectivity index (χ0n) is 11.8. The molecule has 1 N–H and O–H groups in total. The molecule has 1 saturated heterocycles. The molecule has 102 valence electrons. The zero-order chi connectivity index (χ0) is 13.8. The maximum absolute atomic E-state index is 6.22. The first-order valence-electron chi connectivity index (χ1n) is 6.73. The Hall–Kier alpha value is -0.705. The lowest BCUT2D eigenvalue weighted by Crippen LogP contribution is -2.41. The molecule has 0 unspecified atom stereocenters. The van der Waals surface area contributed by atoms with E-state index in [1.165, 1.54) is 5.56 Å². The predicted molar refractivity (Wildman–Crippen MR) is 79.4 cm³/mol. The number of benzene rings is 1. The monoisotopic (exact) mass is 279 g/mol. The van der Waals surface area contributed by atoms with Gasteiger partial charge in [0.1, 0.15) is 0 Å². The van der Waals surface area contributed by atoms with Crippen LogP contribution in [0, 0.1) is 0 Å². The second-order valence-electron chi connectivity index (χ2n) is 6.26. The lowest BCUT2D eigenvalue weighted by atomic mass is 9.75. The number of rotatable bonds is 1. The van der Waals surface area contributed by atoms with Crippen LogP contribution in [-0.4, -0.2) is 24.9 Å². The number of anilines is 1. The van der Waals surface area contributed by atoms with Crippen molar-refractivity contribution < 1.29 is 9.31 Å². The lowest BCUT2D eigenvalue weighted by molar-refractivity contribution is 0.00578. The summed E-state index contributed by atoms with van der Waals surface area (Å²) in [6, 6.07) is 3.94. The molecule has 0 aromatic heterocycles. The molecule has 0 spiro atoms. The molecule has 3 rings (SSSR count). The standard InChI is InChI=1S/C14H19BClNO2/c1-13(2)14(3,4)19-15(18-13)10-5-6-11(16)12-9(10)7-8-17-12/h5-6,17H,7-8H2,1-4H3. The molecule has 19 heavy (non-hydrogen) atoms. The van der Waals surface area contributed by atoms with E-state index in [2.05, 4.69) is 33.0 Å². The van der Waals surface area contributed by atoms with Crippen LogP contribution in [0.2, 0.25) is 5.02 Å². The summed E-state index contributed by atoms with van der Waals surface area (Å²) >= 11 is 6.22. The van der Waals surface area contributed by atoms with Crippen LogP contribution in [0.25, 0.3) is 0 Å². The summed E-state index contributed by atoms with van der Waals surface area (Å²) in [6.45, 7) is 9.21. The molecule has 0 atom stereocenters. The van der Waals surface area contributed by atoms with Crippen molar-refractivity contribution in [2.45, 2.75) is 45.3 Å². The van der Waals surface area contributed by atoms with Gasteiger partial charge in [0.05, 0.1) is 21.9 Å². The van der Waals surface area contributed by atoms with Crippen molar-refractivity contribution in [2.75, 3.05) is 11.9 Å². The van der Waals surface area contributed by atoms with E-state index in [1.54, 1.807) is 0 Å².